The molecule has 0 unspecified atom stereocenters. The number of nitro groups is 1. The Hall–Kier alpha value is -2.64. The largest absolute Gasteiger partial charge is 0.475 e. The van der Waals surface area contributed by atoms with Gasteiger partial charge in [0.2, 0.25) is 0 Å². The van der Waals surface area contributed by atoms with E-state index in [1.807, 2.05) is 0 Å². The van der Waals surface area contributed by atoms with Gasteiger partial charge in [0.25, 0.3) is 5.91 Å². The number of benzene rings is 1. The van der Waals surface area contributed by atoms with Crippen LogP contribution >= 0.6 is 0 Å². The maximum atomic E-state index is 11.6. The van der Waals surface area contributed by atoms with Gasteiger partial charge >= 0.3 is 11.7 Å². The van der Waals surface area contributed by atoms with Gasteiger partial charge in [-0.3, -0.25) is 14.9 Å². The van der Waals surface area contributed by atoms with Crippen LogP contribution in [0.2, 0.25) is 0 Å². The third-order valence-electron chi connectivity index (χ3n) is 3.01. The minimum atomic E-state index is -0.928. The van der Waals surface area contributed by atoms with Crippen molar-refractivity contribution in [1.29, 1.82) is 0 Å². The number of nitrogens with zero attached hydrogens (tertiary/aromatic N) is 1. The molecule has 0 bridgehead atoms. The maximum absolute atomic E-state index is 11.6. The van der Waals surface area contributed by atoms with Gasteiger partial charge in [-0.1, -0.05) is 12.1 Å². The summed E-state index contributed by atoms with van der Waals surface area (Å²) in [5.41, 5.74) is -0.241. The van der Waals surface area contributed by atoms with Crippen LogP contribution < -0.4 is 10.1 Å². The Bertz CT molecular complexity index is 584. The molecule has 0 radical (unpaired) electrons. The average molecular weight is 308 g/mol. The first kappa shape index (κ1) is 15.7. The second-order valence-corrected chi connectivity index (χ2v) is 4.93. The van der Waals surface area contributed by atoms with Crippen molar-refractivity contribution in [1.82, 2.24) is 5.32 Å². The van der Waals surface area contributed by atoms with E-state index in [2.05, 4.69) is 5.32 Å². The minimum Gasteiger partial charge on any atom is -0.475 e. The number of esters is 1. The van der Waals surface area contributed by atoms with Crippen LogP contribution in [0.25, 0.3) is 0 Å². The van der Waals surface area contributed by atoms with Crippen molar-refractivity contribution in [2.45, 2.75) is 31.9 Å². The van der Waals surface area contributed by atoms with Crippen LogP contribution in [0.4, 0.5) is 5.69 Å². The number of para-hydroxylation sites is 2. The molecule has 1 aliphatic rings. The number of hydrogen-bond acceptors (Lipinski definition) is 6. The highest BCUT2D eigenvalue weighted by molar-refractivity contribution is 5.84. The molecule has 0 aliphatic heterocycles. The number of ether oxygens (including phenoxy) is 2. The highest BCUT2D eigenvalue weighted by Gasteiger charge is 2.27. The van der Waals surface area contributed by atoms with Gasteiger partial charge in [-0.25, -0.2) is 4.79 Å². The van der Waals surface area contributed by atoms with E-state index in [1.165, 1.54) is 25.1 Å². The van der Waals surface area contributed by atoms with Crippen molar-refractivity contribution >= 4 is 17.6 Å². The fourth-order valence-corrected chi connectivity index (χ4v) is 1.70. The molecule has 8 nitrogen and oxygen atoms in total. The molecule has 1 aromatic rings. The second-order valence-electron chi connectivity index (χ2n) is 4.93. The summed E-state index contributed by atoms with van der Waals surface area (Å²) in [5, 5.41) is 13.5. The van der Waals surface area contributed by atoms with E-state index >= 15 is 0 Å². The summed E-state index contributed by atoms with van der Waals surface area (Å²) in [4.78, 5) is 33.4. The Kier molecular flexibility index (Phi) is 4.92. The Morgan fingerprint density at radius 3 is 2.73 bits per heavy atom. The Balaban J connectivity index is 1.82. The van der Waals surface area contributed by atoms with E-state index in [0.29, 0.717) is 0 Å². The Labute approximate surface area is 126 Å². The van der Waals surface area contributed by atoms with Crippen molar-refractivity contribution in [2.24, 2.45) is 0 Å². The van der Waals surface area contributed by atoms with Crippen LogP contribution in [-0.2, 0) is 14.3 Å². The first-order valence-electron chi connectivity index (χ1n) is 6.83. The van der Waals surface area contributed by atoms with E-state index < -0.39 is 23.6 Å². The van der Waals surface area contributed by atoms with Crippen LogP contribution in [0, 0.1) is 10.1 Å². The molecule has 0 heterocycles. The van der Waals surface area contributed by atoms with Crippen LogP contribution in [0.5, 0.6) is 5.75 Å². The van der Waals surface area contributed by atoms with Gasteiger partial charge in [0.15, 0.2) is 18.5 Å². The molecule has 1 aromatic carbocycles. The standard InChI is InChI=1S/C14H16N2O6/c1-9(14(18)15-10-6-7-10)22-13(17)8-21-12-5-3-2-4-11(12)16(19)20/h2-5,9-10H,6-8H2,1H3,(H,15,18)/t9-/m1/s1. The Morgan fingerprint density at radius 1 is 1.41 bits per heavy atom. The highest BCUT2D eigenvalue weighted by atomic mass is 16.6. The molecule has 1 amide bonds. The lowest BCUT2D eigenvalue weighted by molar-refractivity contribution is -0.385. The van der Waals surface area contributed by atoms with Crippen LogP contribution in [0.3, 0.4) is 0 Å². The zero-order valence-corrected chi connectivity index (χ0v) is 12.0. The zero-order chi connectivity index (χ0) is 16.1. The van der Waals surface area contributed by atoms with Gasteiger partial charge in [-0.2, -0.15) is 0 Å². The molecular weight excluding hydrogens is 292 g/mol. The Morgan fingerprint density at radius 2 is 2.09 bits per heavy atom. The quantitative estimate of drug-likeness (QED) is 0.460. The van der Waals surface area contributed by atoms with Gasteiger partial charge < -0.3 is 14.8 Å². The molecule has 0 spiro atoms. The lowest BCUT2D eigenvalue weighted by atomic mass is 10.3. The molecule has 1 fully saturated rings. The number of rotatable bonds is 7. The number of hydrogen-bond donors (Lipinski definition) is 1. The fraction of sp³-hybridized carbons (Fsp3) is 0.429. The molecule has 1 saturated carbocycles. The lowest BCUT2D eigenvalue weighted by Crippen LogP contribution is -2.37. The SMILES string of the molecule is C[C@@H](OC(=O)COc1ccccc1[N+](=O)[O-])C(=O)NC1CC1. The van der Waals surface area contributed by atoms with Crippen molar-refractivity contribution in [3.05, 3.63) is 34.4 Å². The number of carbonyl (C=O) groups excluding carboxylic acids is 2. The molecule has 1 aliphatic carbocycles. The molecule has 118 valence electrons. The van der Waals surface area contributed by atoms with E-state index in [1.54, 1.807) is 6.07 Å². The summed E-state index contributed by atoms with van der Waals surface area (Å²) in [6, 6.07) is 5.88. The van der Waals surface area contributed by atoms with Gasteiger partial charge in [0, 0.05) is 12.1 Å². The first-order valence-corrected chi connectivity index (χ1v) is 6.83. The molecule has 1 N–H and O–H groups in total. The normalized spacial score (nSPS) is 14.8. The van der Waals surface area contributed by atoms with E-state index in [-0.39, 0.29) is 23.4 Å². The van der Waals surface area contributed by atoms with Gasteiger partial charge in [0.1, 0.15) is 0 Å². The van der Waals surface area contributed by atoms with E-state index in [0.717, 1.165) is 12.8 Å². The molecule has 0 saturated heterocycles. The van der Waals surface area contributed by atoms with Crippen LogP contribution in [-0.4, -0.2) is 35.6 Å². The summed E-state index contributed by atoms with van der Waals surface area (Å²) in [6.45, 7) is 0.951. The molecule has 22 heavy (non-hydrogen) atoms. The average Bonchev–Trinajstić information content (AvgIpc) is 3.29. The van der Waals surface area contributed by atoms with Crippen molar-refractivity contribution < 1.29 is 24.0 Å². The van der Waals surface area contributed by atoms with Gasteiger partial charge in [-0.05, 0) is 25.8 Å². The molecular formula is C14H16N2O6. The predicted octanol–water partition coefficient (Wildman–Crippen LogP) is 1.18. The molecule has 8 heteroatoms. The second kappa shape index (κ2) is 6.88. The maximum Gasteiger partial charge on any atom is 0.344 e. The van der Waals surface area contributed by atoms with Crippen LogP contribution in [0.1, 0.15) is 19.8 Å². The molecule has 2 rings (SSSR count). The van der Waals surface area contributed by atoms with Crippen molar-refractivity contribution in [3.8, 4) is 5.75 Å². The summed E-state index contributed by atoms with van der Waals surface area (Å²) in [5.74, 6) is -1.15. The number of amides is 1. The van der Waals surface area contributed by atoms with Gasteiger partial charge in [-0.15, -0.1) is 0 Å². The minimum absolute atomic E-state index is 0.0282. The van der Waals surface area contributed by atoms with E-state index in [4.69, 9.17) is 9.47 Å². The first-order chi connectivity index (χ1) is 10.5. The summed E-state index contributed by atoms with van der Waals surface area (Å²) < 4.78 is 10.0. The lowest BCUT2D eigenvalue weighted by Gasteiger charge is -2.13. The monoisotopic (exact) mass is 308 g/mol. The smallest absolute Gasteiger partial charge is 0.344 e. The number of nitro benzene ring substituents is 1. The highest BCUT2D eigenvalue weighted by Crippen LogP contribution is 2.25. The fourth-order valence-electron chi connectivity index (χ4n) is 1.70. The number of nitrogens with one attached hydrogen (secondary N) is 1. The summed E-state index contributed by atoms with van der Waals surface area (Å²) in [6.07, 6.45) is 0.947. The topological polar surface area (TPSA) is 108 Å². The zero-order valence-electron chi connectivity index (χ0n) is 12.0. The van der Waals surface area contributed by atoms with E-state index in [9.17, 15) is 19.7 Å². The summed E-state index contributed by atoms with van der Waals surface area (Å²) in [7, 11) is 0. The third kappa shape index (κ3) is 4.44. The third-order valence-corrected chi connectivity index (χ3v) is 3.01. The van der Waals surface area contributed by atoms with Gasteiger partial charge in [0.05, 0.1) is 4.92 Å². The van der Waals surface area contributed by atoms with Crippen molar-refractivity contribution in [3.63, 3.8) is 0 Å². The molecule has 0 aromatic heterocycles. The predicted molar refractivity (Wildman–Crippen MR) is 75.3 cm³/mol. The summed E-state index contributed by atoms with van der Waals surface area (Å²) >= 11 is 0. The van der Waals surface area contributed by atoms with Crippen LogP contribution in [0.15, 0.2) is 24.3 Å². The molecule has 1 atom stereocenters. The number of carbonyl (C=O) groups is 2. The van der Waals surface area contributed by atoms with Crippen molar-refractivity contribution in [2.75, 3.05) is 6.61 Å².